The summed E-state index contributed by atoms with van der Waals surface area (Å²) in [5, 5.41) is 11.2. The van der Waals surface area contributed by atoms with Crippen LogP contribution in [-0.4, -0.2) is 11.4 Å². The summed E-state index contributed by atoms with van der Waals surface area (Å²) in [5.41, 5.74) is 0.167. The van der Waals surface area contributed by atoms with E-state index < -0.39 is 5.82 Å². The fourth-order valence-corrected chi connectivity index (χ4v) is 0.856. The van der Waals surface area contributed by atoms with E-state index in [-0.39, 0.29) is 5.56 Å². The van der Waals surface area contributed by atoms with Crippen molar-refractivity contribution in [2.45, 2.75) is 0 Å². The Labute approximate surface area is 67.9 Å². The third kappa shape index (κ3) is 1.91. The molecule has 1 N–H and O–H groups in total. The Balaban J connectivity index is 3.12. The van der Waals surface area contributed by atoms with Gasteiger partial charge in [-0.1, -0.05) is 16.8 Å². The lowest BCUT2D eigenvalue weighted by molar-refractivity contribution is 0.321. The van der Waals surface area contributed by atoms with Crippen LogP contribution in [0.2, 0.25) is 5.02 Å². The number of rotatable bonds is 1. The fourth-order valence-electron chi connectivity index (χ4n) is 0.676. The highest BCUT2D eigenvalue weighted by molar-refractivity contribution is 6.30. The third-order valence-electron chi connectivity index (χ3n) is 1.15. The van der Waals surface area contributed by atoms with Gasteiger partial charge in [0.25, 0.3) is 0 Å². The van der Waals surface area contributed by atoms with E-state index in [1.807, 2.05) is 0 Å². The first-order valence-electron chi connectivity index (χ1n) is 2.86. The number of hydrogen-bond acceptors (Lipinski definition) is 2. The summed E-state index contributed by atoms with van der Waals surface area (Å²) in [5.74, 6) is -0.466. The van der Waals surface area contributed by atoms with Crippen LogP contribution >= 0.6 is 11.6 Å². The van der Waals surface area contributed by atoms with Gasteiger partial charge in [0.1, 0.15) is 5.82 Å². The van der Waals surface area contributed by atoms with Crippen LogP contribution < -0.4 is 0 Å². The molecule has 0 aliphatic heterocycles. The Morgan fingerprint density at radius 1 is 1.55 bits per heavy atom. The molecule has 11 heavy (non-hydrogen) atoms. The molecule has 0 aliphatic carbocycles. The molecule has 1 rings (SSSR count). The lowest BCUT2D eigenvalue weighted by Crippen LogP contribution is -1.86. The van der Waals surface area contributed by atoms with E-state index in [1.165, 1.54) is 18.2 Å². The largest absolute Gasteiger partial charge is 0.411 e. The van der Waals surface area contributed by atoms with Gasteiger partial charge in [0.15, 0.2) is 0 Å². The summed E-state index contributed by atoms with van der Waals surface area (Å²) >= 11 is 5.54. The number of halogens is 2. The summed E-state index contributed by atoms with van der Waals surface area (Å²) in [6.07, 6.45) is 0.987. The Hall–Kier alpha value is -1.09. The van der Waals surface area contributed by atoms with Crippen molar-refractivity contribution >= 4 is 17.8 Å². The van der Waals surface area contributed by atoms with Gasteiger partial charge in [0.05, 0.1) is 6.21 Å². The quantitative estimate of drug-likeness (QED) is 0.395. The molecule has 0 saturated heterocycles. The molecule has 58 valence electrons. The topological polar surface area (TPSA) is 32.6 Å². The van der Waals surface area contributed by atoms with Gasteiger partial charge in [-0.2, -0.15) is 0 Å². The second-order valence-electron chi connectivity index (χ2n) is 1.91. The Bertz CT molecular complexity index is 288. The van der Waals surface area contributed by atoms with Crippen molar-refractivity contribution in [3.8, 4) is 0 Å². The van der Waals surface area contributed by atoms with Crippen LogP contribution in [0.25, 0.3) is 0 Å². The zero-order chi connectivity index (χ0) is 8.27. The van der Waals surface area contributed by atoms with E-state index in [0.29, 0.717) is 5.02 Å². The molecule has 4 heteroatoms. The van der Waals surface area contributed by atoms with Gasteiger partial charge >= 0.3 is 0 Å². The van der Waals surface area contributed by atoms with Gasteiger partial charge in [-0.3, -0.25) is 0 Å². The first kappa shape index (κ1) is 8.01. The van der Waals surface area contributed by atoms with Gasteiger partial charge in [-0.05, 0) is 18.2 Å². The average Bonchev–Trinajstić information content (AvgIpc) is 1.98. The molecule has 0 heterocycles. The molecule has 0 radical (unpaired) electrons. The highest BCUT2D eigenvalue weighted by Gasteiger charge is 1.98. The minimum absolute atomic E-state index is 0.167. The molecule has 0 saturated carbocycles. The zero-order valence-electron chi connectivity index (χ0n) is 5.46. The standard InChI is InChI=1S/C7H5ClFNO/c8-6-1-2-7(9)5(3-6)4-10-11/h1-4,11H. The number of benzene rings is 1. The SMILES string of the molecule is ON=Cc1cc(Cl)ccc1F. The molecule has 0 aromatic heterocycles. The molecule has 0 atom stereocenters. The van der Waals surface area contributed by atoms with Crippen molar-refractivity contribution in [1.82, 2.24) is 0 Å². The van der Waals surface area contributed by atoms with Crippen LogP contribution in [0.1, 0.15) is 5.56 Å². The third-order valence-corrected chi connectivity index (χ3v) is 1.39. The summed E-state index contributed by atoms with van der Waals surface area (Å²) in [6, 6.07) is 4.00. The highest BCUT2D eigenvalue weighted by Crippen LogP contribution is 2.12. The molecule has 0 unspecified atom stereocenters. The van der Waals surface area contributed by atoms with Gasteiger partial charge in [0, 0.05) is 10.6 Å². The monoisotopic (exact) mass is 173 g/mol. The van der Waals surface area contributed by atoms with Crippen molar-refractivity contribution < 1.29 is 9.60 Å². The molecule has 1 aromatic rings. The maximum Gasteiger partial charge on any atom is 0.132 e. The smallest absolute Gasteiger partial charge is 0.132 e. The lowest BCUT2D eigenvalue weighted by Gasteiger charge is -1.94. The molecule has 2 nitrogen and oxygen atoms in total. The van der Waals surface area contributed by atoms with E-state index in [4.69, 9.17) is 16.8 Å². The summed E-state index contributed by atoms with van der Waals surface area (Å²) in [7, 11) is 0. The number of nitrogens with zero attached hydrogens (tertiary/aromatic N) is 1. The van der Waals surface area contributed by atoms with Crippen molar-refractivity contribution in [2.24, 2.45) is 5.16 Å². The maximum atomic E-state index is 12.7. The van der Waals surface area contributed by atoms with Gasteiger partial charge < -0.3 is 5.21 Å². The molecule has 0 amide bonds. The molecule has 0 aliphatic rings. The summed E-state index contributed by atoms with van der Waals surface area (Å²) in [4.78, 5) is 0. The van der Waals surface area contributed by atoms with Crippen molar-refractivity contribution in [3.05, 3.63) is 34.6 Å². The van der Waals surface area contributed by atoms with Crippen LogP contribution in [-0.2, 0) is 0 Å². The van der Waals surface area contributed by atoms with E-state index in [9.17, 15) is 4.39 Å². The van der Waals surface area contributed by atoms with Crippen molar-refractivity contribution in [3.63, 3.8) is 0 Å². The fraction of sp³-hybridized carbons (Fsp3) is 0. The van der Waals surface area contributed by atoms with Crippen LogP contribution in [0.15, 0.2) is 23.4 Å². The Morgan fingerprint density at radius 3 is 2.91 bits per heavy atom. The van der Waals surface area contributed by atoms with E-state index in [0.717, 1.165) is 6.21 Å². The first-order valence-corrected chi connectivity index (χ1v) is 3.24. The Kier molecular flexibility index (Phi) is 2.44. The summed E-state index contributed by atoms with van der Waals surface area (Å²) < 4.78 is 12.7. The molecule has 1 aromatic carbocycles. The van der Waals surface area contributed by atoms with Gasteiger partial charge in [0.2, 0.25) is 0 Å². The average molecular weight is 174 g/mol. The molecular weight excluding hydrogens is 169 g/mol. The van der Waals surface area contributed by atoms with Crippen LogP contribution in [0.4, 0.5) is 4.39 Å². The van der Waals surface area contributed by atoms with Crippen molar-refractivity contribution in [2.75, 3.05) is 0 Å². The second-order valence-corrected chi connectivity index (χ2v) is 2.35. The van der Waals surface area contributed by atoms with Crippen LogP contribution in [0.3, 0.4) is 0 Å². The van der Waals surface area contributed by atoms with Crippen LogP contribution in [0.5, 0.6) is 0 Å². The Morgan fingerprint density at radius 2 is 2.27 bits per heavy atom. The predicted octanol–water partition coefficient (Wildman–Crippen LogP) is 2.29. The van der Waals surface area contributed by atoms with E-state index in [2.05, 4.69) is 5.16 Å². The van der Waals surface area contributed by atoms with Gasteiger partial charge in [-0.25, -0.2) is 4.39 Å². The van der Waals surface area contributed by atoms with E-state index >= 15 is 0 Å². The van der Waals surface area contributed by atoms with Crippen LogP contribution in [0, 0.1) is 5.82 Å². The van der Waals surface area contributed by atoms with Crippen molar-refractivity contribution in [1.29, 1.82) is 0 Å². The van der Waals surface area contributed by atoms with E-state index in [1.54, 1.807) is 0 Å². The second kappa shape index (κ2) is 3.34. The highest BCUT2D eigenvalue weighted by atomic mass is 35.5. The first-order chi connectivity index (χ1) is 5.24. The molecule has 0 fully saturated rings. The number of oxime groups is 1. The minimum Gasteiger partial charge on any atom is -0.411 e. The summed E-state index contributed by atoms with van der Waals surface area (Å²) in [6.45, 7) is 0. The molecule has 0 bridgehead atoms. The molecule has 0 spiro atoms. The maximum absolute atomic E-state index is 12.7. The predicted molar refractivity (Wildman–Crippen MR) is 40.8 cm³/mol. The normalized spacial score (nSPS) is 10.7. The minimum atomic E-state index is -0.466. The number of hydrogen-bond donors (Lipinski definition) is 1. The lowest BCUT2D eigenvalue weighted by atomic mass is 10.2. The zero-order valence-corrected chi connectivity index (χ0v) is 6.22. The van der Waals surface area contributed by atoms with Gasteiger partial charge in [-0.15, -0.1) is 0 Å². The molecular formula is C7H5ClFNO.